The molecule has 0 heterocycles. The van der Waals surface area contributed by atoms with Crippen molar-refractivity contribution in [1.29, 1.82) is 0 Å². The van der Waals surface area contributed by atoms with Crippen molar-refractivity contribution in [3.63, 3.8) is 0 Å². The van der Waals surface area contributed by atoms with Crippen LogP contribution in [0.15, 0.2) is 48.6 Å². The first-order valence-electron chi connectivity index (χ1n) is 32.4. The Morgan fingerprint density at radius 3 is 1.04 bits per heavy atom. The molecule has 0 radical (unpaired) electrons. The number of allylic oxidation sites excluding steroid dienone is 8. The molecule has 1 N–H and O–H groups in total. The van der Waals surface area contributed by atoms with E-state index in [1.54, 1.807) is 0 Å². The lowest BCUT2D eigenvalue weighted by molar-refractivity contribution is -0.870. The van der Waals surface area contributed by atoms with Crippen molar-refractivity contribution in [2.45, 2.75) is 315 Å². The van der Waals surface area contributed by atoms with Crippen LogP contribution in [0.2, 0.25) is 0 Å². The quantitative estimate of drug-likeness (QED) is 0.0211. The maximum absolute atomic E-state index is 12.9. The molecule has 0 aromatic heterocycles. The molecule has 0 fully saturated rings. The zero-order chi connectivity index (χ0) is 55.6. The Kier molecular flexibility index (Phi) is 56.1. The summed E-state index contributed by atoms with van der Waals surface area (Å²) in [4.78, 5) is 35.8. The highest BCUT2D eigenvalue weighted by Gasteiger charge is 2.27. The van der Waals surface area contributed by atoms with Crippen LogP contribution in [0.5, 0.6) is 0 Å². The molecule has 446 valence electrons. The van der Waals surface area contributed by atoms with E-state index in [9.17, 15) is 19.0 Å². The van der Waals surface area contributed by atoms with Crippen molar-refractivity contribution in [2.75, 3.05) is 47.5 Å². The van der Waals surface area contributed by atoms with Gasteiger partial charge in [0.2, 0.25) is 0 Å². The number of ether oxygens (including phenoxy) is 2. The Hall–Kier alpha value is -2.03. The summed E-state index contributed by atoms with van der Waals surface area (Å²) in [6, 6.07) is 0. The molecule has 0 spiro atoms. The minimum atomic E-state index is -4.39. The van der Waals surface area contributed by atoms with Gasteiger partial charge in [0.1, 0.15) is 19.8 Å². The van der Waals surface area contributed by atoms with Crippen molar-refractivity contribution in [2.24, 2.45) is 0 Å². The van der Waals surface area contributed by atoms with Gasteiger partial charge >= 0.3 is 19.8 Å². The van der Waals surface area contributed by atoms with Gasteiger partial charge in [-0.05, 0) is 77.0 Å². The van der Waals surface area contributed by atoms with Crippen LogP contribution in [-0.2, 0) is 32.7 Å². The molecule has 0 rings (SSSR count). The highest BCUT2D eigenvalue weighted by Crippen LogP contribution is 2.43. The molecule has 10 heteroatoms. The third-order valence-corrected chi connectivity index (χ3v) is 15.3. The summed E-state index contributed by atoms with van der Waals surface area (Å²) in [6.45, 7) is 4.46. The van der Waals surface area contributed by atoms with E-state index in [1.807, 2.05) is 21.1 Å². The molecule has 0 aliphatic heterocycles. The van der Waals surface area contributed by atoms with Gasteiger partial charge in [-0.3, -0.25) is 18.6 Å². The van der Waals surface area contributed by atoms with Crippen LogP contribution in [0.1, 0.15) is 309 Å². The summed E-state index contributed by atoms with van der Waals surface area (Å²) in [6.07, 6.45) is 73.3. The molecule has 0 saturated heterocycles. The predicted molar refractivity (Wildman–Crippen MR) is 326 cm³/mol. The highest BCUT2D eigenvalue weighted by atomic mass is 31.2. The van der Waals surface area contributed by atoms with Crippen LogP contribution in [0.25, 0.3) is 0 Å². The van der Waals surface area contributed by atoms with Gasteiger partial charge < -0.3 is 18.9 Å². The smallest absolute Gasteiger partial charge is 0.462 e. The first-order valence-corrected chi connectivity index (χ1v) is 33.9. The summed E-state index contributed by atoms with van der Waals surface area (Å²) < 4.78 is 34.7. The summed E-state index contributed by atoms with van der Waals surface area (Å²) in [5, 5.41) is 0. The fraction of sp³-hybridized carbons (Fsp3) is 0.848. The van der Waals surface area contributed by atoms with Crippen LogP contribution in [0, 0.1) is 0 Å². The molecular weight excluding hydrogens is 966 g/mol. The van der Waals surface area contributed by atoms with Crippen LogP contribution >= 0.6 is 7.82 Å². The summed E-state index contributed by atoms with van der Waals surface area (Å²) in [5.74, 6) is -0.785. The average molecular weight is 1090 g/mol. The van der Waals surface area contributed by atoms with Gasteiger partial charge in [0.15, 0.2) is 6.10 Å². The SMILES string of the molecule is CCCCCCC/C=C\C/C=C\CCCCCCCCCCCCCCCCCC(=O)OC(COC(=O)CCCCCCCCCCCCCCC/C=C\C/C=C\CCCCCCC)COP(=O)(O)OCC[N+](C)(C)C. The molecule has 0 aromatic carbocycles. The van der Waals surface area contributed by atoms with E-state index in [0.717, 1.165) is 44.9 Å². The number of nitrogens with zero attached hydrogens (tertiary/aromatic N) is 1. The number of esters is 2. The number of hydrogen-bond acceptors (Lipinski definition) is 7. The van der Waals surface area contributed by atoms with Gasteiger partial charge in [-0.1, -0.05) is 268 Å². The van der Waals surface area contributed by atoms with Crippen molar-refractivity contribution < 1.29 is 42.1 Å². The molecule has 0 aliphatic rings. The molecule has 0 amide bonds. The van der Waals surface area contributed by atoms with E-state index in [4.69, 9.17) is 18.5 Å². The number of phosphoric ester groups is 1. The normalized spacial score (nSPS) is 13.5. The van der Waals surface area contributed by atoms with Crippen molar-refractivity contribution in [3.8, 4) is 0 Å². The molecule has 2 atom stereocenters. The third-order valence-electron chi connectivity index (χ3n) is 14.3. The molecule has 9 nitrogen and oxygen atoms in total. The molecule has 0 saturated carbocycles. The monoisotopic (exact) mass is 1090 g/mol. The van der Waals surface area contributed by atoms with E-state index < -0.39 is 26.5 Å². The Morgan fingerprint density at radius 2 is 0.711 bits per heavy atom. The maximum atomic E-state index is 12.9. The summed E-state index contributed by atoms with van der Waals surface area (Å²) in [7, 11) is 1.49. The lowest BCUT2D eigenvalue weighted by Crippen LogP contribution is -2.37. The first-order chi connectivity index (χ1) is 37.0. The maximum Gasteiger partial charge on any atom is 0.472 e. The van der Waals surface area contributed by atoms with Gasteiger partial charge in [0.25, 0.3) is 0 Å². The minimum absolute atomic E-state index is 0.0323. The Labute approximate surface area is 471 Å². The number of carbonyl (C=O) groups is 2. The second-order valence-electron chi connectivity index (χ2n) is 23.1. The number of phosphoric acid groups is 1. The van der Waals surface area contributed by atoms with E-state index in [0.29, 0.717) is 17.4 Å². The first kappa shape index (κ1) is 74.0. The number of quaternary nitrogens is 1. The van der Waals surface area contributed by atoms with Gasteiger partial charge in [-0.25, -0.2) is 4.57 Å². The van der Waals surface area contributed by atoms with Gasteiger partial charge in [-0.2, -0.15) is 0 Å². The second kappa shape index (κ2) is 57.6. The largest absolute Gasteiger partial charge is 0.472 e. The second-order valence-corrected chi connectivity index (χ2v) is 24.6. The minimum Gasteiger partial charge on any atom is -0.462 e. The molecule has 76 heavy (non-hydrogen) atoms. The van der Waals surface area contributed by atoms with Crippen LogP contribution in [0.4, 0.5) is 0 Å². The van der Waals surface area contributed by atoms with Crippen molar-refractivity contribution >= 4 is 19.8 Å². The molecule has 0 aliphatic carbocycles. The highest BCUT2D eigenvalue weighted by molar-refractivity contribution is 7.47. The van der Waals surface area contributed by atoms with Crippen LogP contribution < -0.4 is 0 Å². The van der Waals surface area contributed by atoms with E-state index in [-0.39, 0.29) is 32.0 Å². The number of rotatable bonds is 60. The lowest BCUT2D eigenvalue weighted by atomic mass is 10.0. The Bertz CT molecular complexity index is 1420. The van der Waals surface area contributed by atoms with E-state index in [1.165, 1.54) is 231 Å². The number of unbranched alkanes of at least 4 members (excludes halogenated alkanes) is 38. The zero-order valence-corrected chi connectivity index (χ0v) is 51.6. The van der Waals surface area contributed by atoms with Crippen molar-refractivity contribution in [3.05, 3.63) is 48.6 Å². The van der Waals surface area contributed by atoms with Crippen LogP contribution in [-0.4, -0.2) is 74.9 Å². The van der Waals surface area contributed by atoms with E-state index in [2.05, 4.69) is 62.5 Å². The topological polar surface area (TPSA) is 108 Å². The standard InChI is InChI=1S/C66H124NO8P/c1-6-8-10-12-14-16-18-20-22-24-26-28-30-32-33-35-37-39-41-43-45-47-49-51-53-55-57-59-66(69)75-64(63-74-76(70,71)73-61-60-67(3,4)5)62-72-65(68)58-56-54-52-50-48-46-44-42-40-38-36-34-31-29-27-25-23-21-19-17-15-13-11-9-7-2/h18-21,24-27,64H,6-17,22-23,28-63H2,1-5H3/p+1/b20-18-,21-19-,26-24-,27-25-. The fourth-order valence-corrected chi connectivity index (χ4v) is 10.1. The van der Waals surface area contributed by atoms with Gasteiger partial charge in [-0.15, -0.1) is 0 Å². The Morgan fingerprint density at radius 1 is 0.408 bits per heavy atom. The average Bonchev–Trinajstić information content (AvgIpc) is 3.38. The number of likely N-dealkylation sites (N-methyl/N-ethyl adjacent to an activating group) is 1. The lowest BCUT2D eigenvalue weighted by Gasteiger charge is -2.24. The molecule has 0 aromatic rings. The fourth-order valence-electron chi connectivity index (χ4n) is 9.31. The number of hydrogen-bond donors (Lipinski definition) is 1. The van der Waals surface area contributed by atoms with Gasteiger partial charge in [0, 0.05) is 12.8 Å². The zero-order valence-electron chi connectivity index (χ0n) is 50.8. The van der Waals surface area contributed by atoms with E-state index >= 15 is 0 Å². The molecule has 0 bridgehead atoms. The van der Waals surface area contributed by atoms with Crippen LogP contribution in [0.3, 0.4) is 0 Å². The Balaban J connectivity index is 4.08. The number of carbonyl (C=O) groups excluding carboxylic acids is 2. The molecular formula is C66H125NO8P+. The third kappa shape index (κ3) is 61.2. The summed E-state index contributed by atoms with van der Waals surface area (Å²) in [5.41, 5.74) is 0. The molecule has 2 unspecified atom stereocenters. The van der Waals surface area contributed by atoms with Crippen molar-refractivity contribution in [1.82, 2.24) is 0 Å². The van der Waals surface area contributed by atoms with Gasteiger partial charge in [0.05, 0.1) is 27.7 Å². The summed E-state index contributed by atoms with van der Waals surface area (Å²) >= 11 is 0. The predicted octanol–water partition coefficient (Wildman–Crippen LogP) is 20.5.